The van der Waals surface area contributed by atoms with Crippen LogP contribution in [-0.2, 0) is 10.8 Å². The summed E-state index contributed by atoms with van der Waals surface area (Å²) >= 11 is 0. The molecule has 1 aliphatic heterocycles. The van der Waals surface area contributed by atoms with E-state index in [2.05, 4.69) is 311 Å². The Bertz CT molecular complexity index is 5190. The second kappa shape index (κ2) is 16.4. The van der Waals surface area contributed by atoms with Gasteiger partial charge in [0, 0.05) is 44.2 Å². The van der Waals surface area contributed by atoms with Crippen molar-refractivity contribution >= 4 is 60.7 Å². The summed E-state index contributed by atoms with van der Waals surface area (Å²) in [5, 5.41) is 5.07. The lowest BCUT2D eigenvalue weighted by atomic mass is 9.65. The van der Waals surface area contributed by atoms with Crippen LogP contribution < -0.4 is 4.90 Å². The molecule has 0 N–H and O–H groups in total. The third-order valence-electron chi connectivity index (χ3n) is 19.3. The average Bonchev–Trinajstić information content (AvgIpc) is 1.89. The molecule has 3 aliphatic carbocycles. The predicted molar refractivity (Wildman–Crippen MR) is 342 cm³/mol. The summed E-state index contributed by atoms with van der Waals surface area (Å²) in [6.07, 6.45) is 0. The third kappa shape index (κ3) is 5.64. The molecule has 4 aliphatic rings. The number of benzene rings is 13. The Balaban J connectivity index is 0.860. The van der Waals surface area contributed by atoms with Crippen LogP contribution in [0.2, 0.25) is 0 Å². The van der Waals surface area contributed by atoms with Crippen molar-refractivity contribution in [3.63, 3.8) is 0 Å². The van der Waals surface area contributed by atoms with Gasteiger partial charge in [0.1, 0.15) is 0 Å². The van der Waals surface area contributed by atoms with Crippen LogP contribution in [0, 0.1) is 0 Å². The van der Waals surface area contributed by atoms with Gasteiger partial charge in [-0.15, -0.1) is 0 Å². The fourth-order valence-electron chi connectivity index (χ4n) is 16.3. The van der Waals surface area contributed by atoms with Crippen molar-refractivity contribution in [2.24, 2.45) is 0 Å². The standard InChI is InChI=1S/C80H49N3/c1-8-30-64-55(22-1)56-23-2-9-31-65(56)79(64)66-32-10-3-24-57(66)58-47-46-54(49-71(58)79)81(52-44-42-50(43-45-52)51-20-17-21-53(48-51)82-72-37-13-5-25-59(72)60-26-6-14-38-73(60)82)76-41-19-35-69-77(76)63-28-4-11-33-67(63)80(69)68-34-12-16-40-75(68)83-74-39-15-7-27-61(74)62-29-18-36-70(80)78(62)83/h1-49H. The number of nitrogens with zero attached hydrogens (tertiary/aromatic N) is 3. The molecule has 15 aromatic rings. The fraction of sp³-hybridized carbons (Fsp3) is 0.0250. The maximum Gasteiger partial charge on any atom is 0.0755 e. The zero-order valence-corrected chi connectivity index (χ0v) is 45.1. The molecule has 19 rings (SSSR count). The van der Waals surface area contributed by atoms with Gasteiger partial charge in [-0.25, -0.2) is 0 Å². The summed E-state index contributed by atoms with van der Waals surface area (Å²) in [5.41, 5.74) is 30.0. The smallest absolute Gasteiger partial charge is 0.0755 e. The molecule has 0 saturated carbocycles. The molecule has 1 unspecified atom stereocenters. The minimum Gasteiger partial charge on any atom is -0.310 e. The van der Waals surface area contributed by atoms with Gasteiger partial charge in [-0.05, 0) is 150 Å². The highest BCUT2D eigenvalue weighted by Crippen LogP contribution is 2.66. The number of rotatable bonds is 5. The van der Waals surface area contributed by atoms with E-state index in [-0.39, 0.29) is 0 Å². The second-order valence-corrected chi connectivity index (χ2v) is 23.0. The molecular weight excluding hydrogens is 1000 g/mol. The highest BCUT2D eigenvalue weighted by atomic mass is 15.1. The van der Waals surface area contributed by atoms with E-state index >= 15 is 0 Å². The number of aromatic nitrogens is 2. The zero-order valence-electron chi connectivity index (χ0n) is 45.1. The molecule has 0 radical (unpaired) electrons. The van der Waals surface area contributed by atoms with Gasteiger partial charge in [0.25, 0.3) is 0 Å². The molecule has 3 heterocycles. The first-order valence-electron chi connectivity index (χ1n) is 29.0. The molecule has 2 aromatic heterocycles. The molecule has 0 saturated heterocycles. The SMILES string of the molecule is c1cc(-c2ccc(N(c3ccc4c(c3)C3(c5ccccc5-c5ccccc53)c3ccccc3-4)c3cccc4c3-c3ccccc3C43c4ccccc4-n4c5ccccc5c5cccc3c54)cc2)cc(-n2c3ccccc3c3ccccc32)c1. The molecule has 384 valence electrons. The van der Waals surface area contributed by atoms with Crippen LogP contribution in [-0.4, -0.2) is 9.13 Å². The van der Waals surface area contributed by atoms with Crippen LogP contribution in [0.5, 0.6) is 0 Å². The van der Waals surface area contributed by atoms with Gasteiger partial charge >= 0.3 is 0 Å². The van der Waals surface area contributed by atoms with Gasteiger partial charge in [0.2, 0.25) is 0 Å². The number of para-hydroxylation sites is 5. The van der Waals surface area contributed by atoms with Crippen molar-refractivity contribution in [1.29, 1.82) is 0 Å². The summed E-state index contributed by atoms with van der Waals surface area (Å²) < 4.78 is 4.95. The first kappa shape index (κ1) is 45.0. The van der Waals surface area contributed by atoms with Crippen LogP contribution in [0.3, 0.4) is 0 Å². The number of fused-ring (bicyclic) bond motifs is 25. The lowest BCUT2D eigenvalue weighted by Crippen LogP contribution is -2.33. The van der Waals surface area contributed by atoms with E-state index in [0.29, 0.717) is 0 Å². The molecule has 3 nitrogen and oxygen atoms in total. The van der Waals surface area contributed by atoms with Crippen molar-refractivity contribution in [2.45, 2.75) is 10.8 Å². The van der Waals surface area contributed by atoms with Crippen LogP contribution in [0.4, 0.5) is 17.1 Å². The van der Waals surface area contributed by atoms with Gasteiger partial charge in [-0.1, -0.05) is 231 Å². The Labute approximate surface area is 480 Å². The largest absolute Gasteiger partial charge is 0.310 e. The molecule has 3 heteroatoms. The molecular formula is C80H49N3. The number of anilines is 3. The van der Waals surface area contributed by atoms with E-state index in [1.807, 2.05) is 0 Å². The van der Waals surface area contributed by atoms with Crippen LogP contribution in [0.1, 0.15) is 44.5 Å². The Morgan fingerprint density at radius 1 is 0.265 bits per heavy atom. The van der Waals surface area contributed by atoms with E-state index in [9.17, 15) is 0 Å². The van der Waals surface area contributed by atoms with E-state index < -0.39 is 10.8 Å². The fourth-order valence-corrected chi connectivity index (χ4v) is 16.3. The molecule has 13 aromatic carbocycles. The Morgan fingerprint density at radius 2 is 0.723 bits per heavy atom. The summed E-state index contributed by atoms with van der Waals surface area (Å²) in [4.78, 5) is 2.57. The van der Waals surface area contributed by atoms with Crippen LogP contribution in [0.25, 0.3) is 99.5 Å². The van der Waals surface area contributed by atoms with E-state index in [1.54, 1.807) is 0 Å². The quantitative estimate of drug-likeness (QED) is 0.167. The van der Waals surface area contributed by atoms with Gasteiger partial charge in [-0.3, -0.25) is 0 Å². The first-order chi connectivity index (χ1) is 41.2. The number of hydrogen-bond donors (Lipinski definition) is 0. The molecule has 1 atom stereocenters. The zero-order chi connectivity index (χ0) is 54.1. The number of hydrogen-bond acceptors (Lipinski definition) is 1. The lowest BCUT2D eigenvalue weighted by molar-refractivity contribution is 0.748. The monoisotopic (exact) mass is 1050 g/mol. The summed E-state index contributed by atoms with van der Waals surface area (Å²) in [5.74, 6) is 0. The van der Waals surface area contributed by atoms with E-state index in [0.717, 1.165) is 33.9 Å². The average molecular weight is 1050 g/mol. The maximum atomic E-state index is 2.57. The Morgan fingerprint density at radius 3 is 1.39 bits per heavy atom. The summed E-state index contributed by atoms with van der Waals surface area (Å²) in [6, 6.07) is 112. The second-order valence-electron chi connectivity index (χ2n) is 23.0. The molecule has 0 amide bonds. The normalized spacial score (nSPS) is 15.1. The lowest BCUT2D eigenvalue weighted by Gasteiger charge is -2.39. The Kier molecular flexibility index (Phi) is 8.92. The van der Waals surface area contributed by atoms with Crippen molar-refractivity contribution in [1.82, 2.24) is 9.13 Å². The summed E-state index contributed by atoms with van der Waals surface area (Å²) in [7, 11) is 0. The molecule has 2 spiro atoms. The van der Waals surface area contributed by atoms with Gasteiger partial charge in [0.05, 0.1) is 44.3 Å². The van der Waals surface area contributed by atoms with Crippen molar-refractivity contribution in [2.75, 3.05) is 4.90 Å². The third-order valence-corrected chi connectivity index (χ3v) is 19.3. The van der Waals surface area contributed by atoms with E-state index in [4.69, 9.17) is 0 Å². The first-order valence-corrected chi connectivity index (χ1v) is 29.0. The highest BCUT2D eigenvalue weighted by Gasteiger charge is 2.54. The topological polar surface area (TPSA) is 13.1 Å². The molecule has 0 fully saturated rings. The van der Waals surface area contributed by atoms with Crippen molar-refractivity contribution in [3.8, 4) is 55.9 Å². The van der Waals surface area contributed by atoms with Crippen molar-refractivity contribution < 1.29 is 0 Å². The van der Waals surface area contributed by atoms with Gasteiger partial charge in [0.15, 0.2) is 0 Å². The minimum atomic E-state index is -0.611. The van der Waals surface area contributed by atoms with Gasteiger partial charge in [-0.2, -0.15) is 0 Å². The minimum absolute atomic E-state index is 0.510. The van der Waals surface area contributed by atoms with Crippen molar-refractivity contribution in [3.05, 3.63) is 342 Å². The maximum absolute atomic E-state index is 2.57. The Hall–Kier alpha value is -10.7. The molecule has 83 heavy (non-hydrogen) atoms. The van der Waals surface area contributed by atoms with E-state index in [1.165, 1.54) is 127 Å². The summed E-state index contributed by atoms with van der Waals surface area (Å²) in [6.45, 7) is 0. The highest BCUT2D eigenvalue weighted by molar-refractivity contribution is 6.14. The van der Waals surface area contributed by atoms with Gasteiger partial charge < -0.3 is 14.0 Å². The van der Waals surface area contributed by atoms with Crippen LogP contribution >= 0.6 is 0 Å². The molecule has 0 bridgehead atoms. The van der Waals surface area contributed by atoms with Crippen LogP contribution in [0.15, 0.2) is 297 Å². The predicted octanol–water partition coefficient (Wildman–Crippen LogP) is 20.0.